The van der Waals surface area contributed by atoms with Crippen molar-refractivity contribution in [3.63, 3.8) is 0 Å². The number of piperazine rings is 1. The highest BCUT2D eigenvalue weighted by molar-refractivity contribution is 7.10. The molecule has 0 atom stereocenters. The maximum atomic E-state index is 12.3. The number of aliphatic imine (C=N–C) groups is 1. The van der Waals surface area contributed by atoms with Gasteiger partial charge >= 0.3 is 4.87 Å². The topological polar surface area (TPSA) is 61.1 Å². The Hall–Kier alpha value is -2.22. The Kier molecular flexibility index (Phi) is 4.29. The third kappa shape index (κ3) is 3.18. The van der Waals surface area contributed by atoms with Crippen molar-refractivity contribution >= 4 is 34.9 Å². The van der Waals surface area contributed by atoms with Gasteiger partial charge in [-0.25, -0.2) is 0 Å². The summed E-state index contributed by atoms with van der Waals surface area (Å²) >= 11 is 1.07. The minimum absolute atomic E-state index is 0.0409. The van der Waals surface area contributed by atoms with Gasteiger partial charge in [0.1, 0.15) is 0 Å². The van der Waals surface area contributed by atoms with Crippen molar-refractivity contribution in [2.24, 2.45) is 4.99 Å². The first kappa shape index (κ1) is 16.3. The molecule has 0 bridgehead atoms. The number of fused-ring (bicyclic) bond motifs is 1. The van der Waals surface area contributed by atoms with Crippen LogP contribution in [-0.4, -0.2) is 58.9 Å². The van der Waals surface area contributed by atoms with Gasteiger partial charge in [-0.15, -0.1) is 0 Å². The van der Waals surface area contributed by atoms with E-state index >= 15 is 0 Å². The van der Waals surface area contributed by atoms with Gasteiger partial charge in [-0.2, -0.15) is 0 Å². The van der Waals surface area contributed by atoms with Crippen LogP contribution in [0.15, 0.2) is 34.1 Å². The molecular weight excluding hydrogens is 336 g/mol. The Labute approximate surface area is 150 Å². The summed E-state index contributed by atoms with van der Waals surface area (Å²) in [5, 5.41) is 10.5. The van der Waals surface area contributed by atoms with Crippen molar-refractivity contribution in [1.29, 1.82) is 0 Å². The predicted molar refractivity (Wildman–Crippen MR) is 102 cm³/mol. The van der Waals surface area contributed by atoms with Crippen LogP contribution in [0.1, 0.15) is 10.4 Å². The van der Waals surface area contributed by atoms with Crippen LogP contribution in [0.25, 0.3) is 11.6 Å². The SMILES string of the molecule is CN1CCN(Cn2c(O)c(/C=C3\C=Nc4ccccc43)sc2=O)CC1. The van der Waals surface area contributed by atoms with Gasteiger partial charge < -0.3 is 10.0 Å². The molecule has 2 aromatic rings. The second-order valence-electron chi connectivity index (χ2n) is 6.42. The van der Waals surface area contributed by atoms with E-state index in [0.29, 0.717) is 11.5 Å². The number of thiazole rings is 1. The van der Waals surface area contributed by atoms with E-state index in [1.807, 2.05) is 30.3 Å². The lowest BCUT2D eigenvalue weighted by molar-refractivity contribution is 0.120. The first-order valence-electron chi connectivity index (χ1n) is 8.30. The van der Waals surface area contributed by atoms with Crippen LogP contribution >= 0.6 is 11.3 Å². The van der Waals surface area contributed by atoms with Crippen molar-refractivity contribution in [3.05, 3.63) is 44.4 Å². The summed E-state index contributed by atoms with van der Waals surface area (Å²) in [6.07, 6.45) is 3.62. The number of hydrogen-bond acceptors (Lipinski definition) is 6. The van der Waals surface area contributed by atoms with Crippen LogP contribution < -0.4 is 4.87 Å². The molecular formula is C18H20N4O2S. The van der Waals surface area contributed by atoms with Crippen LogP contribution in [0.5, 0.6) is 5.88 Å². The van der Waals surface area contributed by atoms with Gasteiger partial charge in [-0.3, -0.25) is 19.3 Å². The largest absolute Gasteiger partial charge is 0.493 e. The van der Waals surface area contributed by atoms with Crippen molar-refractivity contribution in [2.75, 3.05) is 33.2 Å². The Morgan fingerprint density at radius 2 is 2.00 bits per heavy atom. The molecule has 1 saturated heterocycles. The van der Waals surface area contributed by atoms with Crippen molar-refractivity contribution < 1.29 is 5.11 Å². The summed E-state index contributed by atoms with van der Waals surface area (Å²) in [6, 6.07) is 7.85. The summed E-state index contributed by atoms with van der Waals surface area (Å²) in [5.41, 5.74) is 2.85. The van der Waals surface area contributed by atoms with Crippen LogP contribution in [0.4, 0.5) is 5.69 Å². The number of para-hydroxylation sites is 1. The van der Waals surface area contributed by atoms with Gasteiger partial charge in [-0.05, 0) is 19.2 Å². The molecule has 0 spiro atoms. The molecule has 2 aliphatic rings. The van der Waals surface area contributed by atoms with E-state index in [1.165, 1.54) is 4.57 Å². The zero-order chi connectivity index (χ0) is 17.4. The van der Waals surface area contributed by atoms with Crippen molar-refractivity contribution in [3.8, 4) is 5.88 Å². The van der Waals surface area contributed by atoms with Crippen LogP contribution in [-0.2, 0) is 6.67 Å². The van der Waals surface area contributed by atoms with E-state index in [-0.39, 0.29) is 10.8 Å². The third-order valence-electron chi connectivity index (χ3n) is 4.68. The first-order valence-corrected chi connectivity index (χ1v) is 9.12. The standard InChI is InChI=1S/C18H20N4O2S/c1-20-6-8-21(9-7-20)12-22-17(23)16(25-18(22)24)10-13-11-19-15-5-3-2-4-14(13)15/h2-5,10-11,23H,6-9,12H2,1H3/b13-10+. The Bertz CT molecular complexity index is 904. The normalized spacial score (nSPS) is 19.6. The zero-order valence-corrected chi connectivity index (χ0v) is 14.9. The Morgan fingerprint density at radius 3 is 2.80 bits per heavy atom. The summed E-state index contributed by atoms with van der Waals surface area (Å²) in [6.45, 7) is 4.18. The summed E-state index contributed by atoms with van der Waals surface area (Å²) in [7, 11) is 2.09. The van der Waals surface area contributed by atoms with Crippen molar-refractivity contribution in [1.82, 2.24) is 14.4 Å². The monoisotopic (exact) mass is 356 g/mol. The minimum atomic E-state index is -0.133. The molecule has 1 aromatic heterocycles. The molecule has 0 amide bonds. The lowest BCUT2D eigenvalue weighted by atomic mass is 10.1. The highest BCUT2D eigenvalue weighted by Crippen LogP contribution is 2.34. The molecule has 25 heavy (non-hydrogen) atoms. The molecule has 0 radical (unpaired) electrons. The van der Waals surface area contributed by atoms with E-state index in [9.17, 15) is 9.90 Å². The zero-order valence-electron chi connectivity index (χ0n) is 14.1. The average molecular weight is 356 g/mol. The molecule has 1 N–H and O–H groups in total. The fourth-order valence-electron chi connectivity index (χ4n) is 3.12. The molecule has 130 valence electrons. The van der Waals surface area contributed by atoms with E-state index < -0.39 is 0 Å². The van der Waals surface area contributed by atoms with Gasteiger partial charge in [0.15, 0.2) is 0 Å². The molecule has 0 unspecified atom stereocenters. The maximum Gasteiger partial charge on any atom is 0.311 e. The third-order valence-corrected chi connectivity index (χ3v) is 5.59. The number of aromatic nitrogens is 1. The van der Waals surface area contributed by atoms with E-state index in [4.69, 9.17) is 0 Å². The van der Waals surface area contributed by atoms with E-state index in [2.05, 4.69) is 21.8 Å². The number of nitrogens with zero attached hydrogens (tertiary/aromatic N) is 4. The first-order chi connectivity index (χ1) is 12.1. The smallest absolute Gasteiger partial charge is 0.311 e. The number of benzene rings is 1. The highest BCUT2D eigenvalue weighted by atomic mass is 32.1. The lowest BCUT2D eigenvalue weighted by Crippen LogP contribution is -2.45. The second kappa shape index (κ2) is 6.59. The van der Waals surface area contributed by atoms with Crippen LogP contribution in [0, 0.1) is 0 Å². The van der Waals surface area contributed by atoms with Gasteiger partial charge in [0.25, 0.3) is 0 Å². The number of hydrogen-bond donors (Lipinski definition) is 1. The second-order valence-corrected chi connectivity index (χ2v) is 7.41. The molecule has 0 saturated carbocycles. The average Bonchev–Trinajstić information content (AvgIpc) is 3.14. The van der Waals surface area contributed by atoms with Crippen LogP contribution in [0.3, 0.4) is 0 Å². The fourth-order valence-corrected chi connectivity index (χ4v) is 3.95. The fraction of sp³-hybridized carbons (Fsp3) is 0.333. The van der Waals surface area contributed by atoms with E-state index in [1.54, 1.807) is 6.21 Å². The van der Waals surface area contributed by atoms with Gasteiger partial charge in [0.2, 0.25) is 5.88 Å². The summed E-state index contributed by atoms with van der Waals surface area (Å²) in [4.78, 5) is 21.6. The summed E-state index contributed by atoms with van der Waals surface area (Å²) in [5.74, 6) is 0.0409. The Balaban J connectivity index is 1.60. The van der Waals surface area contributed by atoms with E-state index in [0.717, 1.165) is 54.3 Å². The van der Waals surface area contributed by atoms with Crippen molar-refractivity contribution in [2.45, 2.75) is 6.67 Å². The lowest BCUT2D eigenvalue weighted by Gasteiger charge is -2.32. The molecule has 1 aromatic carbocycles. The summed E-state index contributed by atoms with van der Waals surface area (Å²) < 4.78 is 1.46. The molecule has 6 nitrogen and oxygen atoms in total. The number of likely N-dealkylation sites (N-methyl/N-ethyl adjacent to an activating group) is 1. The number of aromatic hydroxyl groups is 1. The molecule has 0 aliphatic carbocycles. The molecule has 1 fully saturated rings. The highest BCUT2D eigenvalue weighted by Gasteiger charge is 2.20. The van der Waals surface area contributed by atoms with Gasteiger partial charge in [0, 0.05) is 43.5 Å². The van der Waals surface area contributed by atoms with Gasteiger partial charge in [-0.1, -0.05) is 29.5 Å². The number of rotatable bonds is 3. The Morgan fingerprint density at radius 1 is 1.24 bits per heavy atom. The predicted octanol–water partition coefficient (Wildman–Crippen LogP) is 2.08. The quantitative estimate of drug-likeness (QED) is 0.915. The van der Waals surface area contributed by atoms with Crippen LogP contribution in [0.2, 0.25) is 0 Å². The molecule has 4 rings (SSSR count). The molecule has 2 aliphatic heterocycles. The molecule has 7 heteroatoms. The molecule has 3 heterocycles. The maximum absolute atomic E-state index is 12.3. The van der Waals surface area contributed by atoms with Gasteiger partial charge in [0.05, 0.1) is 17.2 Å². The number of allylic oxidation sites excluding steroid dienone is 1. The minimum Gasteiger partial charge on any atom is -0.493 e.